The van der Waals surface area contributed by atoms with E-state index in [1.165, 1.54) is 0 Å². The Morgan fingerprint density at radius 2 is 2.13 bits per heavy atom. The SMILES string of the molecule is CCCNc1ccc2cc(Cl)ccc2n1. The van der Waals surface area contributed by atoms with E-state index in [2.05, 4.69) is 17.2 Å². The number of aromatic nitrogens is 1. The van der Waals surface area contributed by atoms with Crippen molar-refractivity contribution < 1.29 is 0 Å². The molecule has 0 aliphatic heterocycles. The number of hydrogen-bond donors (Lipinski definition) is 1. The van der Waals surface area contributed by atoms with Crippen molar-refractivity contribution in [1.29, 1.82) is 0 Å². The molecule has 0 aliphatic carbocycles. The summed E-state index contributed by atoms with van der Waals surface area (Å²) >= 11 is 5.90. The van der Waals surface area contributed by atoms with Gasteiger partial charge in [0.05, 0.1) is 5.52 Å². The third-order valence-electron chi connectivity index (χ3n) is 2.21. The van der Waals surface area contributed by atoms with E-state index in [1.54, 1.807) is 0 Å². The number of fused-ring (bicyclic) bond motifs is 1. The molecule has 0 bridgehead atoms. The maximum Gasteiger partial charge on any atom is 0.126 e. The van der Waals surface area contributed by atoms with Crippen LogP contribution in [0.4, 0.5) is 5.82 Å². The highest BCUT2D eigenvalue weighted by Gasteiger charge is 1.98. The van der Waals surface area contributed by atoms with Crippen LogP contribution in [0.1, 0.15) is 13.3 Å². The maximum absolute atomic E-state index is 5.90. The molecule has 1 aromatic heterocycles. The lowest BCUT2D eigenvalue weighted by Gasteiger charge is -2.05. The van der Waals surface area contributed by atoms with Gasteiger partial charge in [0.2, 0.25) is 0 Å². The van der Waals surface area contributed by atoms with Gasteiger partial charge in [0.1, 0.15) is 5.82 Å². The smallest absolute Gasteiger partial charge is 0.126 e. The van der Waals surface area contributed by atoms with Gasteiger partial charge in [-0.3, -0.25) is 0 Å². The summed E-state index contributed by atoms with van der Waals surface area (Å²) in [5.41, 5.74) is 0.973. The average Bonchev–Trinajstić information content (AvgIpc) is 2.26. The van der Waals surface area contributed by atoms with Crippen molar-refractivity contribution in [3.8, 4) is 0 Å². The molecule has 0 atom stereocenters. The first kappa shape index (κ1) is 10.2. The Labute approximate surface area is 94.3 Å². The molecule has 1 heterocycles. The van der Waals surface area contributed by atoms with Crippen molar-refractivity contribution in [3.63, 3.8) is 0 Å². The van der Waals surface area contributed by atoms with Gasteiger partial charge in [-0.05, 0) is 36.8 Å². The number of rotatable bonds is 3. The van der Waals surface area contributed by atoms with Gasteiger partial charge >= 0.3 is 0 Å². The largest absolute Gasteiger partial charge is 0.370 e. The Bertz CT molecular complexity index is 468. The molecule has 2 rings (SSSR count). The molecule has 0 unspecified atom stereocenters. The van der Waals surface area contributed by atoms with Gasteiger partial charge in [0.25, 0.3) is 0 Å². The Morgan fingerprint density at radius 1 is 1.27 bits per heavy atom. The van der Waals surface area contributed by atoms with E-state index in [9.17, 15) is 0 Å². The first-order valence-corrected chi connectivity index (χ1v) is 5.47. The lowest BCUT2D eigenvalue weighted by molar-refractivity contribution is 0.972. The number of nitrogens with zero attached hydrogens (tertiary/aromatic N) is 1. The highest BCUT2D eigenvalue weighted by atomic mass is 35.5. The summed E-state index contributed by atoms with van der Waals surface area (Å²) < 4.78 is 0. The van der Waals surface area contributed by atoms with Gasteiger partial charge in [0.15, 0.2) is 0 Å². The summed E-state index contributed by atoms with van der Waals surface area (Å²) in [7, 11) is 0. The predicted molar refractivity (Wildman–Crippen MR) is 65.5 cm³/mol. The normalized spacial score (nSPS) is 10.5. The molecule has 0 fully saturated rings. The number of halogens is 1. The van der Waals surface area contributed by atoms with Crippen LogP contribution in [0.5, 0.6) is 0 Å². The molecule has 0 amide bonds. The van der Waals surface area contributed by atoms with Crippen LogP contribution in [0, 0.1) is 0 Å². The number of anilines is 1. The summed E-state index contributed by atoms with van der Waals surface area (Å²) in [6.45, 7) is 3.08. The third-order valence-corrected chi connectivity index (χ3v) is 2.44. The minimum atomic E-state index is 0.749. The van der Waals surface area contributed by atoms with Crippen LogP contribution >= 0.6 is 11.6 Å². The topological polar surface area (TPSA) is 24.9 Å². The van der Waals surface area contributed by atoms with Gasteiger partial charge in [0, 0.05) is 17.0 Å². The minimum absolute atomic E-state index is 0.749. The Balaban J connectivity index is 2.34. The second-order valence-corrected chi connectivity index (χ2v) is 3.90. The van der Waals surface area contributed by atoms with Crippen LogP contribution in [0.3, 0.4) is 0 Å². The first-order valence-electron chi connectivity index (χ1n) is 5.10. The minimum Gasteiger partial charge on any atom is -0.370 e. The Kier molecular flexibility index (Phi) is 3.07. The zero-order valence-electron chi connectivity index (χ0n) is 8.63. The maximum atomic E-state index is 5.90. The van der Waals surface area contributed by atoms with E-state index < -0.39 is 0 Å². The summed E-state index contributed by atoms with van der Waals surface area (Å²) in [4.78, 5) is 4.48. The van der Waals surface area contributed by atoms with Crippen LogP contribution in [-0.4, -0.2) is 11.5 Å². The van der Waals surface area contributed by atoms with Crippen LogP contribution in [0.25, 0.3) is 10.9 Å². The highest BCUT2D eigenvalue weighted by molar-refractivity contribution is 6.31. The number of benzene rings is 1. The Hall–Kier alpha value is -1.28. The van der Waals surface area contributed by atoms with E-state index >= 15 is 0 Å². The van der Waals surface area contributed by atoms with Crippen molar-refractivity contribution in [2.75, 3.05) is 11.9 Å². The van der Waals surface area contributed by atoms with Gasteiger partial charge in [-0.1, -0.05) is 18.5 Å². The quantitative estimate of drug-likeness (QED) is 0.853. The lowest BCUT2D eigenvalue weighted by atomic mass is 10.2. The third kappa shape index (κ3) is 2.39. The molecule has 15 heavy (non-hydrogen) atoms. The van der Waals surface area contributed by atoms with Crippen LogP contribution in [0.15, 0.2) is 30.3 Å². The lowest BCUT2D eigenvalue weighted by Crippen LogP contribution is -2.01. The molecule has 0 saturated heterocycles. The summed E-state index contributed by atoms with van der Waals surface area (Å²) in [6.07, 6.45) is 1.10. The van der Waals surface area contributed by atoms with Gasteiger partial charge < -0.3 is 5.32 Å². The zero-order chi connectivity index (χ0) is 10.7. The van der Waals surface area contributed by atoms with Crippen LogP contribution in [-0.2, 0) is 0 Å². The van der Waals surface area contributed by atoms with Crippen LogP contribution < -0.4 is 5.32 Å². The fourth-order valence-electron chi connectivity index (χ4n) is 1.45. The average molecular weight is 221 g/mol. The van der Waals surface area contributed by atoms with Gasteiger partial charge in [-0.2, -0.15) is 0 Å². The second kappa shape index (κ2) is 4.49. The fraction of sp³-hybridized carbons (Fsp3) is 0.250. The van der Waals surface area contributed by atoms with E-state index in [1.807, 2.05) is 30.3 Å². The van der Waals surface area contributed by atoms with Crippen molar-refractivity contribution >= 4 is 28.3 Å². The van der Waals surface area contributed by atoms with E-state index in [4.69, 9.17) is 11.6 Å². The fourth-order valence-corrected chi connectivity index (χ4v) is 1.63. The van der Waals surface area contributed by atoms with Crippen LogP contribution in [0.2, 0.25) is 5.02 Å². The number of pyridine rings is 1. The molecule has 0 saturated carbocycles. The molecule has 0 aliphatic rings. The standard InChI is InChI=1S/C12H13ClN2/c1-2-7-14-12-6-3-9-8-10(13)4-5-11(9)15-12/h3-6,8H,2,7H2,1H3,(H,14,15). The zero-order valence-corrected chi connectivity index (χ0v) is 9.38. The second-order valence-electron chi connectivity index (χ2n) is 3.46. The van der Waals surface area contributed by atoms with Crippen molar-refractivity contribution in [1.82, 2.24) is 4.98 Å². The molecule has 1 N–H and O–H groups in total. The monoisotopic (exact) mass is 220 g/mol. The first-order chi connectivity index (χ1) is 7.29. The summed E-state index contributed by atoms with van der Waals surface area (Å²) in [5.74, 6) is 0.923. The molecular formula is C12H13ClN2. The molecule has 0 radical (unpaired) electrons. The molecule has 0 spiro atoms. The van der Waals surface area contributed by atoms with Gasteiger partial charge in [-0.15, -0.1) is 0 Å². The molecule has 3 heteroatoms. The molecule has 1 aromatic carbocycles. The van der Waals surface area contributed by atoms with E-state index in [-0.39, 0.29) is 0 Å². The predicted octanol–water partition coefficient (Wildman–Crippen LogP) is 3.71. The van der Waals surface area contributed by atoms with Gasteiger partial charge in [-0.25, -0.2) is 4.98 Å². The van der Waals surface area contributed by atoms with Crippen molar-refractivity contribution in [3.05, 3.63) is 35.4 Å². The van der Waals surface area contributed by atoms with Crippen molar-refractivity contribution in [2.24, 2.45) is 0 Å². The highest BCUT2D eigenvalue weighted by Crippen LogP contribution is 2.19. The molecule has 2 nitrogen and oxygen atoms in total. The van der Waals surface area contributed by atoms with E-state index in [0.29, 0.717) is 0 Å². The number of nitrogens with one attached hydrogen (secondary N) is 1. The Morgan fingerprint density at radius 3 is 2.93 bits per heavy atom. The summed E-state index contributed by atoms with van der Waals surface area (Å²) in [6, 6.07) is 9.74. The summed E-state index contributed by atoms with van der Waals surface area (Å²) in [5, 5.41) is 5.08. The van der Waals surface area contributed by atoms with E-state index in [0.717, 1.165) is 34.7 Å². The molecule has 2 aromatic rings. The van der Waals surface area contributed by atoms with Crippen molar-refractivity contribution in [2.45, 2.75) is 13.3 Å². The number of hydrogen-bond acceptors (Lipinski definition) is 2. The molecule has 78 valence electrons. The molecular weight excluding hydrogens is 208 g/mol.